The lowest BCUT2D eigenvalue weighted by atomic mass is 10.0. The Labute approximate surface area is 169 Å². The Morgan fingerprint density at radius 2 is 1.71 bits per heavy atom. The number of nitrogens with zero attached hydrogens (tertiary/aromatic N) is 1. The number of para-hydroxylation sites is 1. The number of benzene rings is 3. The molecular formula is C24H19ClN2O. The summed E-state index contributed by atoms with van der Waals surface area (Å²) in [6.07, 6.45) is 0.891. The molecule has 0 saturated heterocycles. The zero-order valence-corrected chi connectivity index (χ0v) is 16.2. The van der Waals surface area contributed by atoms with Crippen molar-refractivity contribution in [3.63, 3.8) is 0 Å². The summed E-state index contributed by atoms with van der Waals surface area (Å²) in [7, 11) is 0. The van der Waals surface area contributed by atoms with Crippen LogP contribution in [0, 0.1) is 0 Å². The highest BCUT2D eigenvalue weighted by Gasteiger charge is 2.15. The van der Waals surface area contributed by atoms with Crippen molar-refractivity contribution in [3.8, 4) is 11.3 Å². The van der Waals surface area contributed by atoms with Crippen LogP contribution in [0.1, 0.15) is 22.8 Å². The first-order valence-corrected chi connectivity index (χ1v) is 9.58. The number of halogens is 1. The van der Waals surface area contributed by atoms with E-state index in [4.69, 9.17) is 16.6 Å². The van der Waals surface area contributed by atoms with E-state index in [2.05, 4.69) is 18.3 Å². The summed E-state index contributed by atoms with van der Waals surface area (Å²) in [4.78, 5) is 17.9. The average molecular weight is 387 g/mol. The molecule has 0 radical (unpaired) electrons. The summed E-state index contributed by atoms with van der Waals surface area (Å²) in [5.41, 5.74) is 4.86. The number of nitrogens with one attached hydrogen (secondary N) is 1. The molecule has 1 amide bonds. The summed E-state index contributed by atoms with van der Waals surface area (Å²) < 4.78 is 0. The van der Waals surface area contributed by atoms with Crippen molar-refractivity contribution in [1.29, 1.82) is 0 Å². The molecule has 138 valence electrons. The first kappa shape index (κ1) is 18.2. The molecule has 1 N–H and O–H groups in total. The Morgan fingerprint density at radius 1 is 0.964 bits per heavy atom. The Hall–Kier alpha value is -3.17. The number of carbonyl (C=O) groups excluding carboxylic acids is 1. The number of rotatable bonds is 4. The average Bonchev–Trinajstić information content (AvgIpc) is 2.74. The van der Waals surface area contributed by atoms with E-state index in [0.717, 1.165) is 34.1 Å². The van der Waals surface area contributed by atoms with Crippen LogP contribution in [0.2, 0.25) is 5.02 Å². The monoisotopic (exact) mass is 386 g/mol. The molecule has 0 spiro atoms. The number of hydrogen-bond acceptors (Lipinski definition) is 2. The molecular weight excluding hydrogens is 368 g/mol. The number of pyridine rings is 1. The molecule has 28 heavy (non-hydrogen) atoms. The predicted molar refractivity (Wildman–Crippen MR) is 116 cm³/mol. The highest BCUT2D eigenvalue weighted by atomic mass is 35.5. The van der Waals surface area contributed by atoms with Crippen LogP contribution >= 0.6 is 11.6 Å². The zero-order valence-electron chi connectivity index (χ0n) is 15.4. The molecule has 0 unspecified atom stereocenters. The molecule has 0 bridgehead atoms. The summed E-state index contributed by atoms with van der Waals surface area (Å²) in [6, 6.07) is 25.0. The minimum absolute atomic E-state index is 0.203. The summed E-state index contributed by atoms with van der Waals surface area (Å²) >= 11 is 6.22. The van der Waals surface area contributed by atoms with Crippen LogP contribution in [0.3, 0.4) is 0 Å². The van der Waals surface area contributed by atoms with Gasteiger partial charge >= 0.3 is 0 Å². The van der Waals surface area contributed by atoms with E-state index >= 15 is 0 Å². The standard InChI is InChI=1S/C24H19ClN2O/c1-2-16-12-13-21-18(14-16)19(15-23(26-21)17-8-4-3-5-9-17)24(28)27-22-11-7-6-10-20(22)25/h3-15H,2H2,1H3,(H,27,28). The second kappa shape index (κ2) is 7.83. The molecule has 0 saturated carbocycles. The maximum Gasteiger partial charge on any atom is 0.256 e. The number of anilines is 1. The van der Waals surface area contributed by atoms with E-state index in [1.165, 1.54) is 0 Å². The molecule has 3 nitrogen and oxygen atoms in total. The third-order valence-electron chi connectivity index (χ3n) is 4.72. The molecule has 1 heterocycles. The van der Waals surface area contributed by atoms with Crippen molar-refractivity contribution in [3.05, 3.63) is 95.0 Å². The van der Waals surface area contributed by atoms with Gasteiger partial charge in [0.15, 0.2) is 0 Å². The van der Waals surface area contributed by atoms with Crippen LogP contribution in [-0.2, 0) is 6.42 Å². The molecule has 3 aromatic carbocycles. The molecule has 1 aromatic heterocycles. The van der Waals surface area contributed by atoms with Gasteiger partial charge in [-0.2, -0.15) is 0 Å². The highest BCUT2D eigenvalue weighted by Crippen LogP contribution is 2.28. The first-order valence-electron chi connectivity index (χ1n) is 9.20. The van der Waals surface area contributed by atoms with Crippen LogP contribution in [0.5, 0.6) is 0 Å². The Kier molecular flexibility index (Phi) is 5.09. The Bertz CT molecular complexity index is 1160. The smallest absolute Gasteiger partial charge is 0.256 e. The van der Waals surface area contributed by atoms with Gasteiger partial charge in [0.05, 0.1) is 27.5 Å². The van der Waals surface area contributed by atoms with Crippen molar-refractivity contribution in [2.75, 3.05) is 5.32 Å². The van der Waals surface area contributed by atoms with Gasteiger partial charge in [0.1, 0.15) is 0 Å². The van der Waals surface area contributed by atoms with E-state index in [1.807, 2.05) is 60.7 Å². The second-order valence-corrected chi connectivity index (χ2v) is 6.97. The summed E-state index contributed by atoms with van der Waals surface area (Å²) in [6.45, 7) is 2.09. The van der Waals surface area contributed by atoms with E-state index in [9.17, 15) is 4.79 Å². The molecule has 4 rings (SSSR count). The summed E-state index contributed by atoms with van der Waals surface area (Å²) in [5, 5.41) is 4.28. The molecule has 0 aliphatic rings. The minimum atomic E-state index is -0.203. The van der Waals surface area contributed by atoms with Crippen molar-refractivity contribution in [2.24, 2.45) is 0 Å². The van der Waals surface area contributed by atoms with Crippen molar-refractivity contribution in [2.45, 2.75) is 13.3 Å². The van der Waals surface area contributed by atoms with Crippen molar-refractivity contribution >= 4 is 34.1 Å². The maximum atomic E-state index is 13.2. The van der Waals surface area contributed by atoms with E-state index < -0.39 is 0 Å². The van der Waals surface area contributed by atoms with Gasteiger partial charge in [-0.25, -0.2) is 4.98 Å². The van der Waals surface area contributed by atoms with E-state index in [-0.39, 0.29) is 5.91 Å². The molecule has 0 aliphatic carbocycles. The number of aryl methyl sites for hydroxylation is 1. The lowest BCUT2D eigenvalue weighted by molar-refractivity contribution is 0.102. The van der Waals surface area contributed by atoms with Gasteiger partial charge in [-0.3, -0.25) is 4.79 Å². The Balaban J connectivity index is 1.86. The fourth-order valence-electron chi connectivity index (χ4n) is 3.19. The molecule has 4 aromatic rings. The van der Waals surface area contributed by atoms with Crippen LogP contribution < -0.4 is 5.32 Å². The fourth-order valence-corrected chi connectivity index (χ4v) is 3.37. The van der Waals surface area contributed by atoms with Gasteiger partial charge in [0.25, 0.3) is 5.91 Å². The number of fused-ring (bicyclic) bond motifs is 1. The fraction of sp³-hybridized carbons (Fsp3) is 0.0833. The van der Waals surface area contributed by atoms with Gasteiger partial charge in [-0.05, 0) is 42.3 Å². The predicted octanol–water partition coefficient (Wildman–Crippen LogP) is 6.37. The lowest BCUT2D eigenvalue weighted by Crippen LogP contribution is -2.13. The van der Waals surface area contributed by atoms with Gasteiger partial charge < -0.3 is 5.32 Å². The quantitative estimate of drug-likeness (QED) is 0.442. The Morgan fingerprint density at radius 3 is 2.46 bits per heavy atom. The van der Waals surface area contributed by atoms with E-state index in [1.54, 1.807) is 12.1 Å². The van der Waals surface area contributed by atoms with Crippen LogP contribution in [0.25, 0.3) is 22.2 Å². The molecule has 0 fully saturated rings. The molecule has 0 atom stereocenters. The lowest BCUT2D eigenvalue weighted by Gasteiger charge is -2.12. The van der Waals surface area contributed by atoms with Crippen LogP contribution in [0.4, 0.5) is 5.69 Å². The first-order chi connectivity index (χ1) is 13.7. The van der Waals surface area contributed by atoms with Gasteiger partial charge in [-0.1, -0.05) is 67.1 Å². The maximum absolute atomic E-state index is 13.2. The van der Waals surface area contributed by atoms with Gasteiger partial charge in [0.2, 0.25) is 0 Å². The normalized spacial score (nSPS) is 10.8. The van der Waals surface area contributed by atoms with Crippen LogP contribution in [0.15, 0.2) is 78.9 Å². The van der Waals surface area contributed by atoms with Crippen molar-refractivity contribution in [1.82, 2.24) is 4.98 Å². The third-order valence-corrected chi connectivity index (χ3v) is 5.05. The van der Waals surface area contributed by atoms with Crippen molar-refractivity contribution < 1.29 is 4.79 Å². The number of aromatic nitrogens is 1. The zero-order chi connectivity index (χ0) is 19.5. The van der Waals surface area contributed by atoms with Gasteiger partial charge in [0, 0.05) is 10.9 Å². The molecule has 4 heteroatoms. The highest BCUT2D eigenvalue weighted by molar-refractivity contribution is 6.34. The topological polar surface area (TPSA) is 42.0 Å². The minimum Gasteiger partial charge on any atom is -0.321 e. The largest absolute Gasteiger partial charge is 0.321 e. The van der Waals surface area contributed by atoms with Gasteiger partial charge in [-0.15, -0.1) is 0 Å². The number of hydrogen-bond donors (Lipinski definition) is 1. The van der Waals surface area contributed by atoms with E-state index in [0.29, 0.717) is 16.3 Å². The number of amides is 1. The SMILES string of the molecule is CCc1ccc2nc(-c3ccccc3)cc(C(=O)Nc3ccccc3Cl)c2c1. The second-order valence-electron chi connectivity index (χ2n) is 6.56. The molecule has 0 aliphatic heterocycles. The summed E-state index contributed by atoms with van der Waals surface area (Å²) in [5.74, 6) is -0.203. The van der Waals surface area contributed by atoms with Crippen LogP contribution in [-0.4, -0.2) is 10.9 Å². The number of carbonyl (C=O) groups is 1. The third kappa shape index (κ3) is 3.62.